The fourth-order valence-corrected chi connectivity index (χ4v) is 2.32. The molecule has 102 valence electrons. The Labute approximate surface area is 122 Å². The van der Waals surface area contributed by atoms with Crippen LogP contribution in [0, 0.1) is 0 Å². The van der Waals surface area contributed by atoms with Crippen LogP contribution in [0.1, 0.15) is 5.82 Å². The number of nitrogens with zero attached hydrogens (tertiary/aromatic N) is 5. The molecular formula is C12H11BrN6O. The van der Waals surface area contributed by atoms with Gasteiger partial charge in [0, 0.05) is 23.8 Å². The maximum atomic E-state index is 11.8. The van der Waals surface area contributed by atoms with Crippen LogP contribution in [0.3, 0.4) is 0 Å². The molecule has 0 amide bonds. The van der Waals surface area contributed by atoms with Crippen molar-refractivity contribution in [3.63, 3.8) is 0 Å². The molecular weight excluding hydrogens is 324 g/mol. The van der Waals surface area contributed by atoms with Crippen LogP contribution in [0.2, 0.25) is 0 Å². The van der Waals surface area contributed by atoms with E-state index in [4.69, 9.17) is 5.73 Å². The van der Waals surface area contributed by atoms with Crippen LogP contribution in [0.25, 0.3) is 11.0 Å². The van der Waals surface area contributed by atoms with Gasteiger partial charge >= 0.3 is 0 Å². The Kier molecular flexibility index (Phi) is 3.01. The van der Waals surface area contributed by atoms with E-state index in [1.165, 1.54) is 10.6 Å². The molecule has 0 aliphatic heterocycles. The standard InChI is InChI=1S/C12H11BrN6O/c1-18-12-8(4-15-18)11(14)16-9(17-12)6-19-5-7(13)2-3-10(19)20/h2-5H,6H2,1H3,(H2,14,16,17). The molecule has 3 aromatic rings. The summed E-state index contributed by atoms with van der Waals surface area (Å²) in [5.74, 6) is 0.833. The third kappa shape index (κ3) is 2.18. The van der Waals surface area contributed by atoms with Crippen molar-refractivity contribution in [3.05, 3.63) is 45.2 Å². The summed E-state index contributed by atoms with van der Waals surface area (Å²) in [5.41, 5.74) is 6.41. The summed E-state index contributed by atoms with van der Waals surface area (Å²) in [4.78, 5) is 20.4. The van der Waals surface area contributed by atoms with Gasteiger partial charge in [0.2, 0.25) is 0 Å². The van der Waals surface area contributed by atoms with E-state index in [0.717, 1.165) is 4.47 Å². The van der Waals surface area contributed by atoms with Crippen molar-refractivity contribution in [3.8, 4) is 0 Å². The molecule has 0 aliphatic rings. The maximum Gasteiger partial charge on any atom is 0.250 e. The summed E-state index contributed by atoms with van der Waals surface area (Å²) in [6, 6.07) is 3.18. The third-order valence-electron chi connectivity index (χ3n) is 2.93. The molecule has 7 nitrogen and oxygen atoms in total. The zero-order chi connectivity index (χ0) is 14.3. The monoisotopic (exact) mass is 334 g/mol. The van der Waals surface area contributed by atoms with Crippen LogP contribution in [-0.4, -0.2) is 24.3 Å². The number of aromatic nitrogens is 5. The van der Waals surface area contributed by atoms with Crippen LogP contribution < -0.4 is 11.3 Å². The number of pyridine rings is 1. The van der Waals surface area contributed by atoms with E-state index in [0.29, 0.717) is 22.7 Å². The molecule has 0 radical (unpaired) electrons. The van der Waals surface area contributed by atoms with E-state index >= 15 is 0 Å². The van der Waals surface area contributed by atoms with Gasteiger partial charge in [0.05, 0.1) is 18.1 Å². The highest BCUT2D eigenvalue weighted by molar-refractivity contribution is 9.10. The van der Waals surface area contributed by atoms with Gasteiger partial charge in [-0.15, -0.1) is 0 Å². The Hall–Kier alpha value is -2.22. The van der Waals surface area contributed by atoms with Gasteiger partial charge in [0.25, 0.3) is 5.56 Å². The highest BCUT2D eigenvalue weighted by Crippen LogP contribution is 2.16. The fraction of sp³-hybridized carbons (Fsp3) is 0.167. The normalized spacial score (nSPS) is 11.1. The first-order valence-electron chi connectivity index (χ1n) is 5.84. The van der Waals surface area contributed by atoms with E-state index < -0.39 is 0 Å². The number of halogens is 1. The number of nitrogen functional groups attached to an aromatic ring is 1. The van der Waals surface area contributed by atoms with E-state index in [2.05, 4.69) is 31.0 Å². The van der Waals surface area contributed by atoms with Gasteiger partial charge in [-0.1, -0.05) is 0 Å². The topological polar surface area (TPSA) is 91.6 Å². The van der Waals surface area contributed by atoms with E-state index in [1.807, 2.05) is 0 Å². The SMILES string of the molecule is Cn1ncc2c(N)nc(Cn3cc(Br)ccc3=O)nc21. The molecule has 0 aliphatic carbocycles. The van der Waals surface area contributed by atoms with Gasteiger partial charge < -0.3 is 10.3 Å². The van der Waals surface area contributed by atoms with Crippen molar-refractivity contribution >= 4 is 32.8 Å². The van der Waals surface area contributed by atoms with Crippen LogP contribution in [0.15, 0.2) is 33.8 Å². The molecule has 0 unspecified atom stereocenters. The summed E-state index contributed by atoms with van der Waals surface area (Å²) in [6.07, 6.45) is 3.31. The first-order chi connectivity index (χ1) is 9.54. The zero-order valence-electron chi connectivity index (χ0n) is 10.6. The average Bonchev–Trinajstić information content (AvgIpc) is 2.77. The predicted molar refractivity (Wildman–Crippen MR) is 78.2 cm³/mol. The minimum Gasteiger partial charge on any atom is -0.383 e. The lowest BCUT2D eigenvalue weighted by molar-refractivity contribution is 0.710. The van der Waals surface area contributed by atoms with Crippen molar-refractivity contribution < 1.29 is 0 Å². The molecule has 0 atom stereocenters. The summed E-state index contributed by atoms with van der Waals surface area (Å²) in [7, 11) is 1.78. The number of hydrogen-bond donors (Lipinski definition) is 1. The molecule has 2 N–H and O–H groups in total. The minimum absolute atomic E-state index is 0.125. The summed E-state index contributed by atoms with van der Waals surface area (Å²) in [6.45, 7) is 0.254. The number of fused-ring (bicyclic) bond motifs is 1. The van der Waals surface area contributed by atoms with Gasteiger partial charge in [-0.25, -0.2) is 9.97 Å². The minimum atomic E-state index is -0.125. The Morgan fingerprint density at radius 3 is 2.95 bits per heavy atom. The molecule has 0 aromatic carbocycles. The van der Waals surface area contributed by atoms with Crippen molar-refractivity contribution in [2.24, 2.45) is 7.05 Å². The van der Waals surface area contributed by atoms with Crippen LogP contribution in [0.4, 0.5) is 5.82 Å². The van der Waals surface area contributed by atoms with E-state index in [1.54, 1.807) is 30.2 Å². The second-order valence-electron chi connectivity index (χ2n) is 4.34. The molecule has 8 heteroatoms. The van der Waals surface area contributed by atoms with Crippen molar-refractivity contribution in [2.45, 2.75) is 6.54 Å². The highest BCUT2D eigenvalue weighted by atomic mass is 79.9. The number of nitrogens with two attached hydrogens (primary N) is 1. The first kappa shape index (κ1) is 12.8. The molecule has 3 aromatic heterocycles. The fourth-order valence-electron chi connectivity index (χ4n) is 1.94. The van der Waals surface area contributed by atoms with Crippen LogP contribution in [0.5, 0.6) is 0 Å². The third-order valence-corrected chi connectivity index (χ3v) is 3.40. The lowest BCUT2D eigenvalue weighted by Gasteiger charge is -2.06. The van der Waals surface area contributed by atoms with E-state index in [9.17, 15) is 4.79 Å². The Bertz CT molecular complexity index is 853. The summed E-state index contributed by atoms with van der Waals surface area (Å²) in [5, 5.41) is 4.80. The molecule has 20 heavy (non-hydrogen) atoms. The maximum absolute atomic E-state index is 11.8. The zero-order valence-corrected chi connectivity index (χ0v) is 12.2. The predicted octanol–water partition coefficient (Wildman–Crippen LogP) is 0.918. The second-order valence-corrected chi connectivity index (χ2v) is 5.26. The molecule has 0 spiro atoms. The molecule has 3 rings (SSSR count). The quantitative estimate of drug-likeness (QED) is 0.752. The van der Waals surface area contributed by atoms with Crippen molar-refractivity contribution in [1.29, 1.82) is 0 Å². The number of anilines is 1. The largest absolute Gasteiger partial charge is 0.383 e. The Morgan fingerprint density at radius 1 is 1.35 bits per heavy atom. The van der Waals surface area contributed by atoms with E-state index in [-0.39, 0.29) is 12.1 Å². The van der Waals surface area contributed by atoms with Crippen LogP contribution in [-0.2, 0) is 13.6 Å². The average molecular weight is 335 g/mol. The van der Waals surface area contributed by atoms with Gasteiger partial charge in [0.1, 0.15) is 5.82 Å². The Balaban J connectivity index is 2.08. The van der Waals surface area contributed by atoms with Gasteiger partial charge in [-0.05, 0) is 22.0 Å². The van der Waals surface area contributed by atoms with Crippen LogP contribution >= 0.6 is 15.9 Å². The smallest absolute Gasteiger partial charge is 0.250 e. The molecule has 0 fully saturated rings. The van der Waals surface area contributed by atoms with Gasteiger partial charge in [-0.2, -0.15) is 5.10 Å². The first-order valence-corrected chi connectivity index (χ1v) is 6.64. The second kappa shape index (κ2) is 4.71. The lowest BCUT2D eigenvalue weighted by Crippen LogP contribution is -2.20. The van der Waals surface area contributed by atoms with Crippen molar-refractivity contribution in [2.75, 3.05) is 5.73 Å². The number of aryl methyl sites for hydroxylation is 1. The highest BCUT2D eigenvalue weighted by Gasteiger charge is 2.10. The molecule has 0 saturated carbocycles. The number of rotatable bonds is 2. The van der Waals surface area contributed by atoms with Gasteiger partial charge in [-0.3, -0.25) is 9.48 Å². The molecule has 3 heterocycles. The lowest BCUT2D eigenvalue weighted by atomic mass is 10.4. The Morgan fingerprint density at radius 2 is 2.15 bits per heavy atom. The summed E-state index contributed by atoms with van der Waals surface area (Å²) < 4.78 is 3.95. The summed E-state index contributed by atoms with van der Waals surface area (Å²) >= 11 is 3.33. The number of hydrogen-bond acceptors (Lipinski definition) is 5. The van der Waals surface area contributed by atoms with Gasteiger partial charge in [0.15, 0.2) is 11.5 Å². The molecule has 0 bridgehead atoms. The van der Waals surface area contributed by atoms with Crippen molar-refractivity contribution in [1.82, 2.24) is 24.3 Å². The molecule has 0 saturated heterocycles.